The van der Waals surface area contributed by atoms with Crippen molar-refractivity contribution < 1.29 is 4.92 Å². The van der Waals surface area contributed by atoms with Crippen LogP contribution < -0.4 is 5.32 Å². The third-order valence-corrected chi connectivity index (χ3v) is 4.32. The van der Waals surface area contributed by atoms with E-state index in [1.807, 2.05) is 37.6 Å². The van der Waals surface area contributed by atoms with Crippen molar-refractivity contribution in [3.8, 4) is 11.1 Å². The number of nitro groups is 1. The number of aromatic nitrogens is 3. The maximum Gasteiger partial charge on any atom is 0.270 e. The highest BCUT2D eigenvalue weighted by Crippen LogP contribution is 2.22. The summed E-state index contributed by atoms with van der Waals surface area (Å²) in [6.07, 6.45) is 3.83. The van der Waals surface area contributed by atoms with Gasteiger partial charge in [-0.1, -0.05) is 18.2 Å². The van der Waals surface area contributed by atoms with Crippen LogP contribution in [0, 0.1) is 10.1 Å². The van der Waals surface area contributed by atoms with E-state index in [0.717, 1.165) is 33.4 Å². The third-order valence-electron chi connectivity index (χ3n) is 4.32. The van der Waals surface area contributed by atoms with Crippen molar-refractivity contribution >= 4 is 22.4 Å². The Morgan fingerprint density at radius 1 is 1.11 bits per heavy atom. The number of benzene rings is 2. The van der Waals surface area contributed by atoms with Crippen LogP contribution in [-0.2, 0) is 13.6 Å². The Kier molecular flexibility index (Phi) is 4.25. The molecule has 134 valence electrons. The highest BCUT2D eigenvalue weighted by atomic mass is 16.6. The zero-order valence-corrected chi connectivity index (χ0v) is 14.7. The second-order valence-electron chi connectivity index (χ2n) is 6.29. The van der Waals surface area contributed by atoms with Gasteiger partial charge in [-0.15, -0.1) is 0 Å². The largest absolute Gasteiger partial charge is 0.366 e. The molecule has 4 rings (SSSR count). The molecule has 0 saturated heterocycles. The van der Waals surface area contributed by atoms with Gasteiger partial charge in [0.05, 0.1) is 16.6 Å². The molecule has 1 N–H and O–H groups in total. The fourth-order valence-electron chi connectivity index (χ4n) is 2.95. The molecule has 0 amide bonds. The molecule has 4 aromatic rings. The average molecular weight is 359 g/mol. The van der Waals surface area contributed by atoms with E-state index >= 15 is 0 Å². The number of non-ortho nitro benzene ring substituents is 1. The molecule has 0 spiro atoms. The molecule has 0 aliphatic rings. The Bertz CT molecular complexity index is 1140. The van der Waals surface area contributed by atoms with E-state index in [1.165, 1.54) is 12.1 Å². The molecule has 0 aliphatic carbocycles. The predicted molar refractivity (Wildman–Crippen MR) is 104 cm³/mol. The van der Waals surface area contributed by atoms with Crippen LogP contribution in [0.25, 0.3) is 22.0 Å². The predicted octanol–water partition coefficient (Wildman–Crippen LogP) is 4.16. The zero-order chi connectivity index (χ0) is 18.8. The Balaban J connectivity index is 1.51. The molecule has 0 radical (unpaired) electrons. The Morgan fingerprint density at radius 3 is 2.78 bits per heavy atom. The van der Waals surface area contributed by atoms with Crippen molar-refractivity contribution in [2.24, 2.45) is 7.05 Å². The van der Waals surface area contributed by atoms with Crippen molar-refractivity contribution in [1.29, 1.82) is 0 Å². The number of aryl methyl sites for hydroxylation is 1. The minimum absolute atomic E-state index is 0.0669. The lowest BCUT2D eigenvalue weighted by molar-refractivity contribution is -0.384. The first kappa shape index (κ1) is 16.7. The molecule has 0 fully saturated rings. The SMILES string of the molecule is Cn1cc(-c2cccc(CNc3ccc4cc([N+](=O)[O-])ccc4n3)c2)cn1. The number of nitrogens with zero attached hydrogens (tertiary/aromatic N) is 4. The molecular formula is C20H17N5O2. The third kappa shape index (κ3) is 3.62. The molecule has 2 aromatic carbocycles. The Labute approximate surface area is 155 Å². The minimum atomic E-state index is -0.402. The molecular weight excluding hydrogens is 342 g/mol. The monoisotopic (exact) mass is 359 g/mol. The number of nitro benzene ring substituents is 1. The van der Waals surface area contributed by atoms with Gasteiger partial charge in [0.2, 0.25) is 0 Å². The van der Waals surface area contributed by atoms with Crippen LogP contribution in [0.2, 0.25) is 0 Å². The maximum atomic E-state index is 10.9. The Hall–Kier alpha value is -3.74. The van der Waals surface area contributed by atoms with Gasteiger partial charge in [-0.2, -0.15) is 5.10 Å². The second kappa shape index (κ2) is 6.87. The van der Waals surface area contributed by atoms with Crippen molar-refractivity contribution in [3.05, 3.63) is 82.7 Å². The first-order valence-corrected chi connectivity index (χ1v) is 8.45. The van der Waals surface area contributed by atoms with Gasteiger partial charge < -0.3 is 5.32 Å². The number of nitrogens with one attached hydrogen (secondary N) is 1. The molecule has 0 bridgehead atoms. The van der Waals surface area contributed by atoms with Gasteiger partial charge >= 0.3 is 0 Å². The number of pyridine rings is 1. The van der Waals surface area contributed by atoms with Crippen LogP contribution in [0.3, 0.4) is 0 Å². The standard InChI is InChI=1S/C20H17N5O2/c1-24-13-17(12-22-24)15-4-2-3-14(9-15)11-21-20-8-5-16-10-18(25(26)27)6-7-19(16)23-20/h2-10,12-13H,11H2,1H3,(H,21,23). The van der Waals surface area contributed by atoms with Gasteiger partial charge in [-0.3, -0.25) is 14.8 Å². The summed E-state index contributed by atoms with van der Waals surface area (Å²) < 4.78 is 1.78. The van der Waals surface area contributed by atoms with Crippen LogP contribution in [0.1, 0.15) is 5.56 Å². The first-order valence-electron chi connectivity index (χ1n) is 8.45. The smallest absolute Gasteiger partial charge is 0.270 e. The summed E-state index contributed by atoms with van der Waals surface area (Å²) in [6.45, 7) is 0.625. The van der Waals surface area contributed by atoms with E-state index in [2.05, 4.69) is 33.6 Å². The van der Waals surface area contributed by atoms with Gasteiger partial charge in [0.25, 0.3) is 5.69 Å². The zero-order valence-electron chi connectivity index (χ0n) is 14.7. The molecule has 0 saturated carbocycles. The first-order chi connectivity index (χ1) is 13.1. The Morgan fingerprint density at radius 2 is 2.00 bits per heavy atom. The lowest BCUT2D eigenvalue weighted by atomic mass is 10.1. The quantitative estimate of drug-likeness (QED) is 0.427. The van der Waals surface area contributed by atoms with Gasteiger partial charge in [0.1, 0.15) is 5.82 Å². The van der Waals surface area contributed by atoms with E-state index in [1.54, 1.807) is 10.7 Å². The molecule has 0 unspecified atom stereocenters. The number of hydrogen-bond donors (Lipinski definition) is 1. The van der Waals surface area contributed by atoms with Gasteiger partial charge in [0.15, 0.2) is 0 Å². The van der Waals surface area contributed by atoms with Gasteiger partial charge in [-0.05, 0) is 35.4 Å². The fraction of sp³-hybridized carbons (Fsp3) is 0.100. The van der Waals surface area contributed by atoms with Crippen LogP contribution in [0.5, 0.6) is 0 Å². The van der Waals surface area contributed by atoms with E-state index in [0.29, 0.717) is 6.54 Å². The number of hydrogen-bond acceptors (Lipinski definition) is 5. The normalized spacial score (nSPS) is 10.9. The molecule has 0 aliphatic heterocycles. The summed E-state index contributed by atoms with van der Waals surface area (Å²) in [6, 6.07) is 16.6. The van der Waals surface area contributed by atoms with E-state index in [9.17, 15) is 10.1 Å². The number of anilines is 1. The van der Waals surface area contributed by atoms with Crippen LogP contribution in [0.4, 0.5) is 11.5 Å². The molecule has 2 aromatic heterocycles. The summed E-state index contributed by atoms with van der Waals surface area (Å²) in [5.41, 5.74) is 4.10. The molecule has 7 nitrogen and oxygen atoms in total. The van der Waals surface area contributed by atoms with E-state index in [4.69, 9.17) is 0 Å². The highest BCUT2D eigenvalue weighted by molar-refractivity contribution is 5.82. The van der Waals surface area contributed by atoms with Crippen LogP contribution in [-0.4, -0.2) is 19.7 Å². The average Bonchev–Trinajstić information content (AvgIpc) is 3.12. The lowest BCUT2D eigenvalue weighted by Crippen LogP contribution is -2.01. The second-order valence-corrected chi connectivity index (χ2v) is 6.29. The van der Waals surface area contributed by atoms with Crippen molar-refractivity contribution in [1.82, 2.24) is 14.8 Å². The molecule has 0 atom stereocenters. The van der Waals surface area contributed by atoms with Crippen LogP contribution in [0.15, 0.2) is 67.0 Å². The minimum Gasteiger partial charge on any atom is -0.366 e. The summed E-state index contributed by atoms with van der Waals surface area (Å²) in [5.74, 6) is 0.725. The van der Waals surface area contributed by atoms with E-state index in [-0.39, 0.29) is 5.69 Å². The fourth-order valence-corrected chi connectivity index (χ4v) is 2.95. The molecule has 7 heteroatoms. The summed E-state index contributed by atoms with van der Waals surface area (Å²) in [7, 11) is 1.90. The molecule has 2 heterocycles. The van der Waals surface area contributed by atoms with E-state index < -0.39 is 4.92 Å². The lowest BCUT2D eigenvalue weighted by Gasteiger charge is -2.08. The topological polar surface area (TPSA) is 85.9 Å². The molecule has 27 heavy (non-hydrogen) atoms. The van der Waals surface area contributed by atoms with Gasteiger partial charge in [0, 0.05) is 42.9 Å². The summed E-state index contributed by atoms with van der Waals surface area (Å²) in [5, 5.41) is 19.1. The summed E-state index contributed by atoms with van der Waals surface area (Å²) >= 11 is 0. The number of fused-ring (bicyclic) bond motifs is 1. The summed E-state index contributed by atoms with van der Waals surface area (Å²) in [4.78, 5) is 15.0. The highest BCUT2D eigenvalue weighted by Gasteiger charge is 2.07. The number of rotatable bonds is 5. The van der Waals surface area contributed by atoms with Gasteiger partial charge in [-0.25, -0.2) is 4.98 Å². The van der Waals surface area contributed by atoms with Crippen molar-refractivity contribution in [3.63, 3.8) is 0 Å². The van der Waals surface area contributed by atoms with Crippen LogP contribution >= 0.6 is 0 Å². The van der Waals surface area contributed by atoms with Crippen molar-refractivity contribution in [2.75, 3.05) is 5.32 Å². The maximum absolute atomic E-state index is 10.9. The van der Waals surface area contributed by atoms with Crippen molar-refractivity contribution in [2.45, 2.75) is 6.54 Å².